The number of hydrogen-bond donors (Lipinski definition) is 2. The van der Waals surface area contributed by atoms with E-state index in [0.717, 1.165) is 28.3 Å². The zero-order valence-electron chi connectivity index (χ0n) is 11.3. The summed E-state index contributed by atoms with van der Waals surface area (Å²) in [5.74, 6) is 0.961. The highest BCUT2D eigenvalue weighted by molar-refractivity contribution is 9.10. The molecule has 0 fully saturated rings. The van der Waals surface area contributed by atoms with Crippen molar-refractivity contribution in [2.45, 2.75) is 6.42 Å². The maximum Gasteiger partial charge on any atom is 0.221 e. The summed E-state index contributed by atoms with van der Waals surface area (Å²) in [4.78, 5) is 12.5. The Balaban J connectivity index is 1.74. The number of nitrogens with two attached hydrogens (primary N) is 1. The molecule has 0 atom stereocenters. The van der Waals surface area contributed by atoms with E-state index in [0.29, 0.717) is 5.82 Å². The third kappa shape index (κ3) is 3.11. The van der Waals surface area contributed by atoms with Crippen LogP contribution in [0.4, 0.5) is 11.8 Å². The minimum absolute atomic E-state index is 0.257. The lowest BCUT2D eigenvalue weighted by Gasteiger charge is -2.09. The molecule has 0 aliphatic heterocycles. The van der Waals surface area contributed by atoms with Crippen LogP contribution in [0.1, 0.15) is 5.56 Å². The number of nitrogens with zero attached hydrogens (tertiary/aromatic N) is 3. The Labute approximate surface area is 130 Å². The lowest BCUT2D eigenvalue weighted by molar-refractivity contribution is 1.00. The second-order valence-corrected chi connectivity index (χ2v) is 5.45. The molecule has 0 bridgehead atoms. The minimum Gasteiger partial charge on any atom is -0.369 e. The zero-order chi connectivity index (χ0) is 14.7. The van der Waals surface area contributed by atoms with E-state index in [1.54, 1.807) is 6.20 Å². The number of rotatable bonds is 4. The second-order valence-electron chi connectivity index (χ2n) is 4.59. The van der Waals surface area contributed by atoms with Gasteiger partial charge in [0, 0.05) is 24.3 Å². The van der Waals surface area contributed by atoms with E-state index < -0.39 is 0 Å². The maximum absolute atomic E-state index is 5.59. The summed E-state index contributed by atoms with van der Waals surface area (Å²) < 4.78 is 0.799. The Morgan fingerprint density at radius 3 is 2.90 bits per heavy atom. The smallest absolute Gasteiger partial charge is 0.221 e. The van der Waals surface area contributed by atoms with E-state index in [-0.39, 0.29) is 5.95 Å². The molecule has 3 N–H and O–H groups in total. The molecule has 2 aromatic heterocycles. The molecule has 3 aromatic rings. The van der Waals surface area contributed by atoms with Gasteiger partial charge < -0.3 is 11.1 Å². The van der Waals surface area contributed by atoms with Crippen molar-refractivity contribution in [2.24, 2.45) is 0 Å². The largest absolute Gasteiger partial charge is 0.369 e. The summed E-state index contributed by atoms with van der Waals surface area (Å²) in [6, 6.07) is 10.2. The van der Waals surface area contributed by atoms with Crippen LogP contribution in [-0.4, -0.2) is 21.5 Å². The number of halogens is 1. The van der Waals surface area contributed by atoms with Crippen molar-refractivity contribution in [3.05, 3.63) is 52.8 Å². The van der Waals surface area contributed by atoms with Crippen LogP contribution in [0, 0.1) is 0 Å². The van der Waals surface area contributed by atoms with Crippen LogP contribution >= 0.6 is 15.9 Å². The quantitative estimate of drug-likeness (QED) is 0.761. The van der Waals surface area contributed by atoms with E-state index in [1.807, 2.05) is 12.3 Å². The molecule has 0 aliphatic rings. The molecular weight excluding hydrogens is 330 g/mol. The molecule has 21 heavy (non-hydrogen) atoms. The van der Waals surface area contributed by atoms with Crippen LogP contribution in [0.5, 0.6) is 0 Å². The number of benzene rings is 1. The number of aromatic nitrogens is 3. The highest BCUT2D eigenvalue weighted by Gasteiger charge is 2.04. The normalized spacial score (nSPS) is 10.7. The van der Waals surface area contributed by atoms with Crippen LogP contribution < -0.4 is 11.1 Å². The van der Waals surface area contributed by atoms with E-state index >= 15 is 0 Å². The number of hydrogen-bond acceptors (Lipinski definition) is 5. The van der Waals surface area contributed by atoms with Crippen LogP contribution in [0.3, 0.4) is 0 Å². The third-order valence-corrected chi connectivity index (χ3v) is 3.75. The van der Waals surface area contributed by atoms with Gasteiger partial charge in [-0.05, 0) is 34.0 Å². The fourth-order valence-electron chi connectivity index (χ4n) is 2.19. The van der Waals surface area contributed by atoms with Gasteiger partial charge in [0.15, 0.2) is 0 Å². The Morgan fingerprint density at radius 1 is 1.14 bits per heavy atom. The van der Waals surface area contributed by atoms with E-state index in [4.69, 9.17) is 5.73 Å². The Morgan fingerprint density at radius 2 is 2.00 bits per heavy atom. The number of anilines is 2. The molecule has 0 saturated carbocycles. The zero-order valence-corrected chi connectivity index (χ0v) is 12.8. The van der Waals surface area contributed by atoms with Gasteiger partial charge in [0.25, 0.3) is 0 Å². The Kier molecular flexibility index (Phi) is 3.96. The lowest BCUT2D eigenvalue weighted by Crippen LogP contribution is -2.09. The number of nitrogen functional groups attached to an aromatic ring is 1. The predicted octanol–water partition coefficient (Wildman–Crippen LogP) is 3.02. The van der Waals surface area contributed by atoms with Gasteiger partial charge in [-0.3, -0.25) is 4.98 Å². The first-order valence-corrected chi connectivity index (χ1v) is 7.38. The number of pyridine rings is 1. The summed E-state index contributed by atoms with van der Waals surface area (Å²) >= 11 is 3.40. The molecule has 0 radical (unpaired) electrons. The summed E-state index contributed by atoms with van der Waals surface area (Å²) in [6.45, 7) is 0.741. The number of fused-ring (bicyclic) bond motifs is 1. The monoisotopic (exact) mass is 343 g/mol. The average Bonchev–Trinajstić information content (AvgIpc) is 2.51. The molecule has 2 heterocycles. The first kappa shape index (κ1) is 13.8. The van der Waals surface area contributed by atoms with Crippen molar-refractivity contribution in [3.8, 4) is 0 Å². The van der Waals surface area contributed by atoms with Gasteiger partial charge in [0.2, 0.25) is 5.95 Å². The van der Waals surface area contributed by atoms with Gasteiger partial charge in [-0.15, -0.1) is 0 Å². The third-order valence-electron chi connectivity index (χ3n) is 3.17. The van der Waals surface area contributed by atoms with Gasteiger partial charge in [0.1, 0.15) is 5.82 Å². The second kappa shape index (κ2) is 6.05. The predicted molar refractivity (Wildman–Crippen MR) is 88.1 cm³/mol. The minimum atomic E-state index is 0.257. The maximum atomic E-state index is 5.59. The molecule has 5 nitrogen and oxygen atoms in total. The SMILES string of the molecule is Nc1ncc(Br)c(NCCc2cccc3cccnc23)n1. The van der Waals surface area contributed by atoms with Crippen molar-refractivity contribution in [2.75, 3.05) is 17.6 Å². The molecule has 106 valence electrons. The van der Waals surface area contributed by atoms with Crippen molar-refractivity contribution < 1.29 is 0 Å². The summed E-state index contributed by atoms with van der Waals surface area (Å²) in [5.41, 5.74) is 7.84. The van der Waals surface area contributed by atoms with Crippen LogP contribution in [0.25, 0.3) is 10.9 Å². The highest BCUT2D eigenvalue weighted by Crippen LogP contribution is 2.20. The molecule has 0 amide bonds. The summed E-state index contributed by atoms with van der Waals surface area (Å²) in [6.07, 6.45) is 4.32. The molecule has 0 aliphatic carbocycles. The molecule has 0 spiro atoms. The van der Waals surface area contributed by atoms with E-state index in [1.165, 1.54) is 5.56 Å². The van der Waals surface area contributed by atoms with Crippen molar-refractivity contribution in [1.29, 1.82) is 0 Å². The molecule has 3 rings (SSSR count). The number of nitrogens with one attached hydrogen (secondary N) is 1. The first-order valence-electron chi connectivity index (χ1n) is 6.58. The molecule has 1 aromatic carbocycles. The summed E-state index contributed by atoms with van der Waals surface area (Å²) in [5, 5.41) is 4.42. The standard InChI is InChI=1S/C15H14BrN5/c16-12-9-20-15(17)21-14(12)19-8-6-11-4-1-3-10-5-2-7-18-13(10)11/h1-5,7,9H,6,8H2,(H3,17,19,20,21). The lowest BCUT2D eigenvalue weighted by atomic mass is 10.1. The summed E-state index contributed by atoms with van der Waals surface area (Å²) in [7, 11) is 0. The fraction of sp³-hybridized carbons (Fsp3) is 0.133. The topological polar surface area (TPSA) is 76.7 Å². The van der Waals surface area contributed by atoms with Gasteiger partial charge in [-0.2, -0.15) is 4.98 Å². The van der Waals surface area contributed by atoms with Crippen LogP contribution in [0.2, 0.25) is 0 Å². The van der Waals surface area contributed by atoms with Gasteiger partial charge >= 0.3 is 0 Å². The first-order chi connectivity index (χ1) is 10.2. The van der Waals surface area contributed by atoms with Crippen LogP contribution in [-0.2, 0) is 6.42 Å². The average molecular weight is 344 g/mol. The van der Waals surface area contributed by atoms with Gasteiger partial charge in [-0.1, -0.05) is 24.3 Å². The van der Waals surface area contributed by atoms with E-state index in [9.17, 15) is 0 Å². The van der Waals surface area contributed by atoms with Gasteiger partial charge in [-0.25, -0.2) is 4.98 Å². The van der Waals surface area contributed by atoms with E-state index in [2.05, 4.69) is 60.5 Å². The Hall–Kier alpha value is -2.21. The molecule has 0 saturated heterocycles. The fourth-order valence-corrected chi connectivity index (χ4v) is 2.52. The van der Waals surface area contributed by atoms with Gasteiger partial charge in [0.05, 0.1) is 9.99 Å². The van der Waals surface area contributed by atoms with Crippen molar-refractivity contribution >= 4 is 38.6 Å². The van der Waals surface area contributed by atoms with Crippen molar-refractivity contribution in [3.63, 3.8) is 0 Å². The molecular formula is C15H14BrN5. The highest BCUT2D eigenvalue weighted by atomic mass is 79.9. The molecule has 6 heteroatoms. The van der Waals surface area contributed by atoms with Crippen molar-refractivity contribution in [1.82, 2.24) is 15.0 Å². The van der Waals surface area contributed by atoms with Crippen LogP contribution in [0.15, 0.2) is 47.2 Å². The number of para-hydroxylation sites is 1. The Bertz CT molecular complexity index is 770. The molecule has 0 unspecified atom stereocenters.